The molecule has 3 aromatic rings. The molecule has 23 heavy (non-hydrogen) atoms. The summed E-state index contributed by atoms with van der Waals surface area (Å²) in [6.45, 7) is 0. The van der Waals surface area contributed by atoms with E-state index in [9.17, 15) is 14.9 Å². The van der Waals surface area contributed by atoms with Crippen LogP contribution in [-0.2, 0) is 0 Å². The Morgan fingerprint density at radius 1 is 1.04 bits per heavy atom. The third kappa shape index (κ3) is 3.24. The van der Waals surface area contributed by atoms with Crippen LogP contribution in [0.1, 0.15) is 10.6 Å². The van der Waals surface area contributed by atoms with Crippen molar-refractivity contribution in [2.75, 3.05) is 5.32 Å². The summed E-state index contributed by atoms with van der Waals surface area (Å²) < 4.78 is 5.51. The SMILES string of the molecule is O=C(Nc1ccncc1)c1ccc(-c2ccc([N+](=O)[O-])cc2)o1. The number of amides is 1. The van der Waals surface area contributed by atoms with Gasteiger partial charge in [-0.2, -0.15) is 0 Å². The predicted octanol–water partition coefficient (Wildman–Crippen LogP) is 3.50. The highest BCUT2D eigenvalue weighted by molar-refractivity contribution is 6.02. The first-order valence-electron chi connectivity index (χ1n) is 6.69. The molecule has 0 unspecified atom stereocenters. The largest absolute Gasteiger partial charge is 0.451 e. The summed E-state index contributed by atoms with van der Waals surface area (Å²) in [5, 5.41) is 13.3. The fourth-order valence-electron chi connectivity index (χ4n) is 1.99. The molecule has 0 saturated heterocycles. The highest BCUT2D eigenvalue weighted by Crippen LogP contribution is 2.24. The molecule has 7 nitrogen and oxygen atoms in total. The normalized spacial score (nSPS) is 10.3. The molecular formula is C16H11N3O4. The summed E-state index contributed by atoms with van der Waals surface area (Å²) in [6.07, 6.45) is 3.14. The van der Waals surface area contributed by atoms with Gasteiger partial charge in [0.25, 0.3) is 11.6 Å². The molecule has 1 amide bonds. The number of non-ortho nitro benzene ring substituents is 1. The van der Waals surface area contributed by atoms with Crippen LogP contribution in [0.15, 0.2) is 65.3 Å². The lowest BCUT2D eigenvalue weighted by Gasteiger charge is -2.02. The minimum absolute atomic E-state index is 0.00374. The molecule has 0 spiro atoms. The van der Waals surface area contributed by atoms with Gasteiger partial charge in [-0.3, -0.25) is 19.9 Å². The Balaban J connectivity index is 1.77. The van der Waals surface area contributed by atoms with Crippen LogP contribution in [0.25, 0.3) is 11.3 Å². The van der Waals surface area contributed by atoms with E-state index < -0.39 is 4.92 Å². The second kappa shape index (κ2) is 6.10. The van der Waals surface area contributed by atoms with E-state index in [1.165, 1.54) is 12.1 Å². The van der Waals surface area contributed by atoms with Gasteiger partial charge in [0.2, 0.25) is 0 Å². The summed E-state index contributed by atoms with van der Waals surface area (Å²) in [5.74, 6) is 0.222. The van der Waals surface area contributed by atoms with E-state index in [1.807, 2.05) is 0 Å². The lowest BCUT2D eigenvalue weighted by Crippen LogP contribution is -2.10. The number of anilines is 1. The quantitative estimate of drug-likeness (QED) is 0.587. The van der Waals surface area contributed by atoms with Gasteiger partial charge >= 0.3 is 0 Å². The predicted molar refractivity (Wildman–Crippen MR) is 83.0 cm³/mol. The van der Waals surface area contributed by atoms with Crippen molar-refractivity contribution in [1.29, 1.82) is 0 Å². The molecular weight excluding hydrogens is 298 g/mol. The number of nitro groups is 1. The molecule has 0 saturated carbocycles. The summed E-state index contributed by atoms with van der Waals surface area (Å²) in [4.78, 5) is 26.1. The van der Waals surface area contributed by atoms with Crippen molar-refractivity contribution in [1.82, 2.24) is 4.98 Å². The van der Waals surface area contributed by atoms with E-state index in [4.69, 9.17) is 4.42 Å². The Hall–Kier alpha value is -3.48. The van der Waals surface area contributed by atoms with Gasteiger partial charge in [-0.1, -0.05) is 0 Å². The number of nitro benzene ring substituents is 1. The van der Waals surface area contributed by atoms with Gasteiger partial charge in [-0.15, -0.1) is 0 Å². The van der Waals surface area contributed by atoms with Crippen molar-refractivity contribution in [3.8, 4) is 11.3 Å². The molecule has 0 fully saturated rings. The number of benzene rings is 1. The van der Waals surface area contributed by atoms with E-state index in [-0.39, 0.29) is 17.4 Å². The van der Waals surface area contributed by atoms with Crippen molar-refractivity contribution in [3.63, 3.8) is 0 Å². The van der Waals surface area contributed by atoms with E-state index in [2.05, 4.69) is 10.3 Å². The topological polar surface area (TPSA) is 98.3 Å². The molecule has 0 aliphatic heterocycles. The standard InChI is InChI=1S/C16H11N3O4/c20-16(18-12-7-9-17-10-8-12)15-6-5-14(23-15)11-1-3-13(4-2-11)19(21)22/h1-10H,(H,17,18,20). The summed E-state index contributed by atoms with van der Waals surface area (Å²) >= 11 is 0. The fraction of sp³-hybridized carbons (Fsp3) is 0. The van der Waals surface area contributed by atoms with Crippen LogP contribution >= 0.6 is 0 Å². The van der Waals surface area contributed by atoms with Crippen LogP contribution in [0.4, 0.5) is 11.4 Å². The van der Waals surface area contributed by atoms with E-state index >= 15 is 0 Å². The molecule has 1 aromatic carbocycles. The third-order valence-electron chi connectivity index (χ3n) is 3.13. The van der Waals surface area contributed by atoms with Gasteiger partial charge in [0.15, 0.2) is 5.76 Å². The second-order valence-electron chi connectivity index (χ2n) is 4.66. The maximum absolute atomic E-state index is 12.1. The molecule has 0 atom stereocenters. The van der Waals surface area contributed by atoms with Gasteiger partial charge in [0.1, 0.15) is 5.76 Å². The summed E-state index contributed by atoms with van der Waals surface area (Å²) in [5.41, 5.74) is 1.26. The van der Waals surface area contributed by atoms with Crippen LogP contribution in [0.3, 0.4) is 0 Å². The van der Waals surface area contributed by atoms with Crippen molar-refractivity contribution >= 4 is 17.3 Å². The highest BCUT2D eigenvalue weighted by Gasteiger charge is 2.13. The van der Waals surface area contributed by atoms with Gasteiger partial charge in [-0.25, -0.2) is 0 Å². The maximum atomic E-state index is 12.1. The zero-order valence-electron chi connectivity index (χ0n) is 11.8. The lowest BCUT2D eigenvalue weighted by atomic mass is 10.1. The molecule has 0 bridgehead atoms. The number of furan rings is 1. The number of nitrogens with one attached hydrogen (secondary N) is 1. The third-order valence-corrected chi connectivity index (χ3v) is 3.13. The number of pyridine rings is 1. The Morgan fingerprint density at radius 2 is 1.74 bits per heavy atom. The van der Waals surface area contributed by atoms with Crippen LogP contribution in [0.5, 0.6) is 0 Å². The Kier molecular flexibility index (Phi) is 3.84. The second-order valence-corrected chi connectivity index (χ2v) is 4.66. The van der Waals surface area contributed by atoms with Crippen molar-refractivity contribution < 1.29 is 14.1 Å². The Morgan fingerprint density at radius 3 is 2.39 bits per heavy atom. The monoisotopic (exact) mass is 309 g/mol. The number of rotatable bonds is 4. The summed E-state index contributed by atoms with van der Waals surface area (Å²) in [7, 11) is 0. The molecule has 0 aliphatic rings. The van der Waals surface area contributed by atoms with E-state index in [1.54, 1.807) is 48.8 Å². The highest BCUT2D eigenvalue weighted by atomic mass is 16.6. The minimum atomic E-state index is -0.473. The minimum Gasteiger partial charge on any atom is -0.451 e. The van der Waals surface area contributed by atoms with E-state index in [0.29, 0.717) is 17.0 Å². The first-order chi connectivity index (χ1) is 11.1. The molecule has 2 aromatic heterocycles. The van der Waals surface area contributed by atoms with Gasteiger partial charge in [0, 0.05) is 35.8 Å². The molecule has 0 radical (unpaired) electrons. The molecule has 2 heterocycles. The van der Waals surface area contributed by atoms with E-state index in [0.717, 1.165) is 0 Å². The summed E-state index contributed by atoms with van der Waals surface area (Å²) in [6, 6.07) is 12.4. The van der Waals surface area contributed by atoms with Crippen LogP contribution in [-0.4, -0.2) is 15.8 Å². The van der Waals surface area contributed by atoms with Gasteiger partial charge < -0.3 is 9.73 Å². The molecule has 0 aliphatic carbocycles. The fourth-order valence-corrected chi connectivity index (χ4v) is 1.99. The zero-order valence-corrected chi connectivity index (χ0v) is 11.8. The van der Waals surface area contributed by atoms with Gasteiger partial charge in [-0.05, 0) is 36.4 Å². The first-order valence-corrected chi connectivity index (χ1v) is 6.69. The average molecular weight is 309 g/mol. The molecule has 1 N–H and O–H groups in total. The molecule has 3 rings (SSSR count). The van der Waals surface area contributed by atoms with Crippen molar-refractivity contribution in [3.05, 3.63) is 76.8 Å². The average Bonchev–Trinajstić information content (AvgIpc) is 3.06. The number of carbonyl (C=O) groups is 1. The Bertz CT molecular complexity index is 841. The van der Waals surface area contributed by atoms with Crippen LogP contribution in [0.2, 0.25) is 0 Å². The number of hydrogen-bond donors (Lipinski definition) is 1. The number of nitrogens with zero attached hydrogens (tertiary/aromatic N) is 2. The lowest BCUT2D eigenvalue weighted by molar-refractivity contribution is -0.384. The van der Waals surface area contributed by atoms with Gasteiger partial charge in [0.05, 0.1) is 4.92 Å². The van der Waals surface area contributed by atoms with Crippen molar-refractivity contribution in [2.45, 2.75) is 0 Å². The van der Waals surface area contributed by atoms with Crippen LogP contribution < -0.4 is 5.32 Å². The van der Waals surface area contributed by atoms with Crippen LogP contribution in [0, 0.1) is 10.1 Å². The number of aromatic nitrogens is 1. The Labute approximate surface area is 130 Å². The zero-order chi connectivity index (χ0) is 16.2. The van der Waals surface area contributed by atoms with Crippen molar-refractivity contribution in [2.24, 2.45) is 0 Å². The number of carbonyl (C=O) groups excluding carboxylic acids is 1. The smallest absolute Gasteiger partial charge is 0.291 e. The first kappa shape index (κ1) is 14.5. The molecule has 7 heteroatoms. The molecule has 114 valence electrons. The number of hydrogen-bond acceptors (Lipinski definition) is 5. The maximum Gasteiger partial charge on any atom is 0.291 e.